The maximum Gasteiger partial charge on any atom is 0.328 e. The number of carbonyl (C=O) groups is 2. The number of benzene rings is 1. The molecule has 2 rings (SSSR count). The third-order valence-electron chi connectivity index (χ3n) is 2.58. The molecule has 2 N–H and O–H groups in total. The van der Waals surface area contributed by atoms with Crippen molar-refractivity contribution in [2.45, 2.75) is 18.9 Å². The standard InChI is InChI=1S/C13H12FNO3/c14-11-7-9(13(18)15-10-4-5-10)2-1-8(11)3-6-12(16)17/h1-3,6-7,10H,4-5H2,(H,15,18)(H,16,17). The van der Waals surface area contributed by atoms with Crippen LogP contribution in [-0.2, 0) is 4.79 Å². The monoisotopic (exact) mass is 249 g/mol. The Bertz CT molecular complexity index is 521. The molecule has 0 saturated heterocycles. The van der Waals surface area contributed by atoms with Crippen LogP contribution in [0.3, 0.4) is 0 Å². The van der Waals surface area contributed by atoms with Gasteiger partial charge in [0.2, 0.25) is 0 Å². The van der Waals surface area contributed by atoms with Crippen molar-refractivity contribution < 1.29 is 19.1 Å². The average molecular weight is 249 g/mol. The smallest absolute Gasteiger partial charge is 0.328 e. The molecule has 0 unspecified atom stereocenters. The molecule has 0 atom stereocenters. The zero-order chi connectivity index (χ0) is 13.1. The van der Waals surface area contributed by atoms with Crippen molar-refractivity contribution in [1.82, 2.24) is 5.32 Å². The molecule has 0 bridgehead atoms. The normalized spacial score (nSPS) is 14.7. The Morgan fingerprint density at radius 2 is 2.11 bits per heavy atom. The summed E-state index contributed by atoms with van der Waals surface area (Å²) in [6, 6.07) is 4.19. The molecule has 1 aliphatic carbocycles. The first-order chi connectivity index (χ1) is 8.56. The van der Waals surface area contributed by atoms with Crippen LogP contribution >= 0.6 is 0 Å². The van der Waals surface area contributed by atoms with Crippen LogP contribution < -0.4 is 5.32 Å². The number of hydrogen-bond acceptors (Lipinski definition) is 2. The Morgan fingerprint density at radius 3 is 2.67 bits per heavy atom. The number of aliphatic carboxylic acids is 1. The van der Waals surface area contributed by atoms with Gasteiger partial charge in [0, 0.05) is 23.2 Å². The zero-order valence-corrected chi connectivity index (χ0v) is 9.52. The van der Waals surface area contributed by atoms with Gasteiger partial charge < -0.3 is 10.4 Å². The van der Waals surface area contributed by atoms with Crippen LogP contribution in [-0.4, -0.2) is 23.0 Å². The van der Waals surface area contributed by atoms with Gasteiger partial charge in [-0.1, -0.05) is 6.07 Å². The van der Waals surface area contributed by atoms with Crippen LogP contribution in [0, 0.1) is 5.82 Å². The van der Waals surface area contributed by atoms with Crippen molar-refractivity contribution >= 4 is 18.0 Å². The van der Waals surface area contributed by atoms with E-state index < -0.39 is 11.8 Å². The maximum atomic E-state index is 13.6. The lowest BCUT2D eigenvalue weighted by atomic mass is 10.1. The van der Waals surface area contributed by atoms with Crippen molar-refractivity contribution in [3.63, 3.8) is 0 Å². The average Bonchev–Trinajstić information content (AvgIpc) is 3.11. The van der Waals surface area contributed by atoms with Gasteiger partial charge >= 0.3 is 5.97 Å². The molecule has 0 heterocycles. The number of carboxylic acids is 1. The summed E-state index contributed by atoms with van der Waals surface area (Å²) in [5, 5.41) is 11.2. The summed E-state index contributed by atoms with van der Waals surface area (Å²) in [5.41, 5.74) is 0.382. The van der Waals surface area contributed by atoms with Crippen LogP contribution in [0.2, 0.25) is 0 Å². The summed E-state index contributed by atoms with van der Waals surface area (Å²) < 4.78 is 13.6. The predicted molar refractivity (Wildman–Crippen MR) is 63.6 cm³/mol. The van der Waals surface area contributed by atoms with E-state index in [4.69, 9.17) is 5.11 Å². The summed E-state index contributed by atoms with van der Waals surface area (Å²) in [5.74, 6) is -2.06. The second kappa shape index (κ2) is 5.00. The van der Waals surface area contributed by atoms with E-state index in [2.05, 4.69) is 5.32 Å². The lowest BCUT2D eigenvalue weighted by Crippen LogP contribution is -2.25. The number of halogens is 1. The van der Waals surface area contributed by atoms with E-state index in [0.717, 1.165) is 31.1 Å². The highest BCUT2D eigenvalue weighted by Crippen LogP contribution is 2.20. The van der Waals surface area contributed by atoms with Gasteiger partial charge in [-0.05, 0) is 31.1 Å². The first-order valence-electron chi connectivity index (χ1n) is 5.57. The van der Waals surface area contributed by atoms with Gasteiger partial charge in [-0.25, -0.2) is 9.18 Å². The van der Waals surface area contributed by atoms with Crippen molar-refractivity contribution in [2.75, 3.05) is 0 Å². The molecule has 1 saturated carbocycles. The Balaban J connectivity index is 2.13. The maximum absolute atomic E-state index is 13.6. The summed E-state index contributed by atoms with van der Waals surface area (Å²) in [4.78, 5) is 21.9. The lowest BCUT2D eigenvalue weighted by molar-refractivity contribution is -0.131. The first-order valence-corrected chi connectivity index (χ1v) is 5.57. The number of amides is 1. The van der Waals surface area contributed by atoms with Gasteiger partial charge in [0.1, 0.15) is 5.82 Å². The first kappa shape index (κ1) is 12.3. The van der Waals surface area contributed by atoms with E-state index >= 15 is 0 Å². The summed E-state index contributed by atoms with van der Waals surface area (Å²) in [6.45, 7) is 0. The number of hydrogen-bond donors (Lipinski definition) is 2. The number of rotatable bonds is 4. The van der Waals surface area contributed by atoms with Gasteiger partial charge in [0.25, 0.3) is 5.91 Å². The Labute approximate surface area is 103 Å². The van der Waals surface area contributed by atoms with Crippen LogP contribution in [0.5, 0.6) is 0 Å². The molecule has 1 aliphatic rings. The van der Waals surface area contributed by atoms with Crippen LogP contribution in [0.1, 0.15) is 28.8 Å². The van der Waals surface area contributed by atoms with Crippen LogP contribution in [0.15, 0.2) is 24.3 Å². The van der Waals surface area contributed by atoms with E-state index in [1.807, 2.05) is 0 Å². The summed E-state index contributed by atoms with van der Waals surface area (Å²) in [6.07, 6.45) is 3.93. The number of carbonyl (C=O) groups excluding carboxylic acids is 1. The summed E-state index contributed by atoms with van der Waals surface area (Å²) in [7, 11) is 0. The van der Waals surface area contributed by atoms with Gasteiger partial charge in [-0.15, -0.1) is 0 Å². The van der Waals surface area contributed by atoms with Crippen molar-refractivity contribution in [3.8, 4) is 0 Å². The lowest BCUT2D eigenvalue weighted by Gasteiger charge is -2.04. The zero-order valence-electron chi connectivity index (χ0n) is 9.52. The van der Waals surface area contributed by atoms with Crippen LogP contribution in [0.25, 0.3) is 6.08 Å². The quantitative estimate of drug-likeness (QED) is 0.800. The molecule has 0 aliphatic heterocycles. The van der Waals surface area contributed by atoms with Crippen LogP contribution in [0.4, 0.5) is 4.39 Å². The minimum absolute atomic E-state index is 0.139. The predicted octanol–water partition coefficient (Wildman–Crippen LogP) is 1.82. The van der Waals surface area contributed by atoms with Gasteiger partial charge in [0.05, 0.1) is 0 Å². The van der Waals surface area contributed by atoms with Crippen molar-refractivity contribution in [3.05, 3.63) is 41.2 Å². The Hall–Kier alpha value is -2.17. The molecule has 0 aromatic heterocycles. The highest BCUT2D eigenvalue weighted by Gasteiger charge is 2.23. The molecular weight excluding hydrogens is 237 g/mol. The highest BCUT2D eigenvalue weighted by atomic mass is 19.1. The SMILES string of the molecule is O=C(O)C=Cc1ccc(C(=O)NC2CC2)cc1F. The summed E-state index contributed by atoms with van der Waals surface area (Å²) >= 11 is 0. The largest absolute Gasteiger partial charge is 0.478 e. The third-order valence-corrected chi connectivity index (χ3v) is 2.58. The third kappa shape index (κ3) is 3.16. The fourth-order valence-electron chi connectivity index (χ4n) is 1.46. The van der Waals surface area contributed by atoms with E-state index in [9.17, 15) is 14.0 Å². The molecule has 0 spiro atoms. The molecule has 18 heavy (non-hydrogen) atoms. The van der Waals surface area contributed by atoms with E-state index in [0.29, 0.717) is 0 Å². The molecule has 94 valence electrons. The molecular formula is C13H12FNO3. The molecule has 4 nitrogen and oxygen atoms in total. The fourth-order valence-corrected chi connectivity index (χ4v) is 1.46. The topological polar surface area (TPSA) is 66.4 Å². The van der Waals surface area contributed by atoms with E-state index in [-0.39, 0.29) is 23.1 Å². The van der Waals surface area contributed by atoms with Gasteiger partial charge in [-0.3, -0.25) is 4.79 Å². The molecule has 1 amide bonds. The van der Waals surface area contributed by atoms with Crippen molar-refractivity contribution in [2.24, 2.45) is 0 Å². The fraction of sp³-hybridized carbons (Fsp3) is 0.231. The molecule has 1 fully saturated rings. The molecule has 5 heteroatoms. The molecule has 1 aromatic rings. The van der Waals surface area contributed by atoms with Gasteiger partial charge in [-0.2, -0.15) is 0 Å². The van der Waals surface area contributed by atoms with E-state index in [1.165, 1.54) is 12.1 Å². The number of nitrogens with one attached hydrogen (secondary N) is 1. The molecule has 1 aromatic carbocycles. The minimum Gasteiger partial charge on any atom is -0.478 e. The Morgan fingerprint density at radius 1 is 1.39 bits per heavy atom. The number of carboxylic acid groups (broad SMARTS) is 1. The van der Waals surface area contributed by atoms with E-state index in [1.54, 1.807) is 0 Å². The minimum atomic E-state index is -1.15. The Kier molecular flexibility index (Phi) is 3.41. The van der Waals surface area contributed by atoms with Crippen molar-refractivity contribution in [1.29, 1.82) is 0 Å². The second-order valence-electron chi connectivity index (χ2n) is 4.16. The highest BCUT2D eigenvalue weighted by molar-refractivity contribution is 5.95. The van der Waals surface area contributed by atoms with Gasteiger partial charge in [0.15, 0.2) is 0 Å². The molecule has 0 radical (unpaired) electrons. The second-order valence-corrected chi connectivity index (χ2v) is 4.16.